The summed E-state index contributed by atoms with van der Waals surface area (Å²) in [5.41, 5.74) is 0.752. The van der Waals surface area contributed by atoms with Gasteiger partial charge in [0.25, 0.3) is 0 Å². The number of nitrogens with two attached hydrogens (primary N) is 1. The number of rotatable bonds is 5. The van der Waals surface area contributed by atoms with Crippen molar-refractivity contribution in [2.75, 3.05) is 36.1 Å². The lowest BCUT2D eigenvalue weighted by molar-refractivity contribution is -0.138. The largest absolute Gasteiger partial charge is 0.416 e. The van der Waals surface area contributed by atoms with Crippen LogP contribution >= 0.6 is 11.6 Å². The van der Waals surface area contributed by atoms with Crippen molar-refractivity contribution < 1.29 is 18.0 Å². The van der Waals surface area contributed by atoms with Gasteiger partial charge in [0.1, 0.15) is 0 Å². The highest BCUT2D eigenvalue weighted by Gasteiger charge is 2.35. The average molecular weight is 427 g/mol. The minimum Gasteiger partial charge on any atom is -0.368 e. The highest BCUT2D eigenvalue weighted by Crippen LogP contribution is 2.38. The number of halogens is 4. The SMILES string of the molecule is CC(c1ccc(Cl)cc1C(F)(F)F)N(N)c1cccc(N2CCN(C=O)CC2)c1. The van der Waals surface area contributed by atoms with E-state index in [1.54, 1.807) is 17.9 Å². The Morgan fingerprint density at radius 3 is 2.45 bits per heavy atom. The summed E-state index contributed by atoms with van der Waals surface area (Å²) in [5, 5.41) is 1.34. The Labute approximate surface area is 172 Å². The molecule has 0 aliphatic carbocycles. The van der Waals surface area contributed by atoms with Crippen molar-refractivity contribution in [2.45, 2.75) is 19.1 Å². The van der Waals surface area contributed by atoms with Gasteiger partial charge < -0.3 is 14.8 Å². The molecule has 0 aromatic heterocycles. The van der Waals surface area contributed by atoms with Gasteiger partial charge in [-0.3, -0.25) is 4.79 Å². The summed E-state index contributed by atoms with van der Waals surface area (Å²) in [4.78, 5) is 14.7. The number of anilines is 2. The summed E-state index contributed by atoms with van der Waals surface area (Å²) in [6.45, 7) is 4.22. The Balaban J connectivity index is 1.84. The first-order chi connectivity index (χ1) is 13.7. The van der Waals surface area contributed by atoms with Gasteiger partial charge in [-0.1, -0.05) is 23.7 Å². The van der Waals surface area contributed by atoms with E-state index in [2.05, 4.69) is 4.90 Å². The number of carbonyl (C=O) groups is 1. The fourth-order valence-corrected chi connectivity index (χ4v) is 3.62. The number of amides is 1. The molecule has 1 saturated heterocycles. The molecule has 0 bridgehead atoms. The maximum atomic E-state index is 13.5. The lowest BCUT2D eigenvalue weighted by atomic mass is 10.00. The number of alkyl halides is 3. The molecule has 2 N–H and O–H groups in total. The Hall–Kier alpha value is -2.45. The van der Waals surface area contributed by atoms with Crippen molar-refractivity contribution in [3.8, 4) is 0 Å². The molecule has 1 atom stereocenters. The van der Waals surface area contributed by atoms with Crippen LogP contribution in [0.2, 0.25) is 5.02 Å². The molecule has 3 rings (SSSR count). The van der Waals surface area contributed by atoms with Crippen LogP contribution in [0.15, 0.2) is 42.5 Å². The molecule has 2 aromatic carbocycles. The minimum absolute atomic E-state index is 0.0216. The van der Waals surface area contributed by atoms with Crippen LogP contribution in [0.25, 0.3) is 0 Å². The molecule has 1 fully saturated rings. The normalized spacial score (nSPS) is 15.9. The predicted octanol–water partition coefficient (Wildman–Crippen LogP) is 4.08. The van der Waals surface area contributed by atoms with Gasteiger partial charge in [-0.2, -0.15) is 13.2 Å². The van der Waals surface area contributed by atoms with Crippen LogP contribution in [-0.2, 0) is 11.0 Å². The second kappa shape index (κ2) is 8.51. The molecule has 1 heterocycles. The second-order valence-electron chi connectivity index (χ2n) is 6.96. The molecule has 5 nitrogen and oxygen atoms in total. The third-order valence-corrected chi connectivity index (χ3v) is 5.38. The third kappa shape index (κ3) is 4.76. The summed E-state index contributed by atoms with van der Waals surface area (Å²) in [6.07, 6.45) is -3.70. The Kier molecular flexibility index (Phi) is 6.24. The molecule has 156 valence electrons. The molecular formula is C20H22ClF3N4O. The summed E-state index contributed by atoms with van der Waals surface area (Å²) < 4.78 is 40.4. The molecule has 29 heavy (non-hydrogen) atoms. The van der Waals surface area contributed by atoms with Gasteiger partial charge in [-0.15, -0.1) is 0 Å². The zero-order chi connectivity index (χ0) is 21.2. The second-order valence-corrected chi connectivity index (χ2v) is 7.40. The van der Waals surface area contributed by atoms with Crippen molar-refractivity contribution in [3.05, 3.63) is 58.6 Å². The number of nitrogens with zero attached hydrogens (tertiary/aromatic N) is 3. The van der Waals surface area contributed by atoms with E-state index in [0.29, 0.717) is 31.9 Å². The number of hydrazine groups is 1. The number of benzene rings is 2. The van der Waals surface area contributed by atoms with E-state index >= 15 is 0 Å². The van der Waals surface area contributed by atoms with Crippen LogP contribution in [0.3, 0.4) is 0 Å². The maximum absolute atomic E-state index is 13.5. The molecule has 0 radical (unpaired) electrons. The molecule has 0 spiro atoms. The van der Waals surface area contributed by atoms with Crippen LogP contribution in [-0.4, -0.2) is 37.5 Å². The Bertz CT molecular complexity index is 869. The van der Waals surface area contributed by atoms with Crippen LogP contribution in [0, 0.1) is 0 Å². The molecule has 1 unspecified atom stereocenters. The smallest absolute Gasteiger partial charge is 0.368 e. The van der Waals surface area contributed by atoms with Crippen molar-refractivity contribution in [3.63, 3.8) is 0 Å². The van der Waals surface area contributed by atoms with Gasteiger partial charge in [-0.25, -0.2) is 5.84 Å². The van der Waals surface area contributed by atoms with Crippen molar-refractivity contribution in [1.82, 2.24) is 4.90 Å². The van der Waals surface area contributed by atoms with Gasteiger partial charge >= 0.3 is 6.18 Å². The van der Waals surface area contributed by atoms with Crippen molar-refractivity contribution in [1.29, 1.82) is 0 Å². The lowest BCUT2D eigenvalue weighted by Crippen LogP contribution is -2.45. The maximum Gasteiger partial charge on any atom is 0.416 e. The van der Waals surface area contributed by atoms with Gasteiger partial charge in [0, 0.05) is 36.9 Å². The highest BCUT2D eigenvalue weighted by molar-refractivity contribution is 6.30. The predicted molar refractivity (Wildman–Crippen MR) is 108 cm³/mol. The first-order valence-corrected chi connectivity index (χ1v) is 9.53. The van der Waals surface area contributed by atoms with E-state index in [1.165, 1.54) is 17.1 Å². The topological polar surface area (TPSA) is 52.8 Å². The number of hydrogen-bond acceptors (Lipinski definition) is 4. The van der Waals surface area contributed by atoms with Crippen LogP contribution < -0.4 is 15.8 Å². The van der Waals surface area contributed by atoms with Gasteiger partial charge in [-0.05, 0) is 42.8 Å². The molecule has 1 amide bonds. The fourth-order valence-electron chi connectivity index (χ4n) is 3.45. The monoisotopic (exact) mass is 426 g/mol. The van der Waals surface area contributed by atoms with E-state index in [4.69, 9.17) is 17.4 Å². The fraction of sp³-hybridized carbons (Fsp3) is 0.350. The number of hydrogen-bond donors (Lipinski definition) is 1. The minimum atomic E-state index is -4.53. The number of carbonyl (C=O) groups excluding carboxylic acids is 1. The van der Waals surface area contributed by atoms with Crippen LogP contribution in [0.1, 0.15) is 24.1 Å². The molecule has 9 heteroatoms. The molecular weight excluding hydrogens is 405 g/mol. The van der Waals surface area contributed by atoms with Crippen molar-refractivity contribution in [2.24, 2.45) is 5.84 Å². The van der Waals surface area contributed by atoms with Crippen molar-refractivity contribution >= 4 is 29.4 Å². The molecule has 2 aromatic rings. The van der Waals surface area contributed by atoms with E-state index in [1.807, 2.05) is 18.2 Å². The zero-order valence-corrected chi connectivity index (χ0v) is 16.6. The Morgan fingerprint density at radius 1 is 1.14 bits per heavy atom. The summed E-state index contributed by atoms with van der Waals surface area (Å²) in [7, 11) is 0. The van der Waals surface area contributed by atoms with E-state index in [9.17, 15) is 18.0 Å². The zero-order valence-electron chi connectivity index (χ0n) is 15.9. The van der Waals surface area contributed by atoms with Crippen LogP contribution in [0.5, 0.6) is 0 Å². The highest BCUT2D eigenvalue weighted by atomic mass is 35.5. The van der Waals surface area contributed by atoms with E-state index < -0.39 is 17.8 Å². The third-order valence-electron chi connectivity index (χ3n) is 5.14. The first-order valence-electron chi connectivity index (χ1n) is 9.15. The Morgan fingerprint density at radius 2 is 1.83 bits per heavy atom. The lowest BCUT2D eigenvalue weighted by Gasteiger charge is -2.35. The van der Waals surface area contributed by atoms with Gasteiger partial charge in [0.2, 0.25) is 6.41 Å². The van der Waals surface area contributed by atoms with E-state index in [0.717, 1.165) is 18.2 Å². The average Bonchev–Trinajstić information content (AvgIpc) is 2.72. The molecule has 0 saturated carbocycles. The summed E-state index contributed by atoms with van der Waals surface area (Å²) >= 11 is 5.78. The van der Waals surface area contributed by atoms with E-state index in [-0.39, 0.29) is 10.6 Å². The standard InChI is InChI=1S/C20H22ClF3N4O/c1-14(18-6-5-15(21)11-19(18)20(22,23)24)28(25)17-4-2-3-16(12-17)27-9-7-26(13-29)8-10-27/h2-6,11-14H,7-10,25H2,1H3. The summed E-state index contributed by atoms with van der Waals surface area (Å²) in [5.74, 6) is 6.22. The first kappa shape index (κ1) is 21.3. The molecule has 1 aliphatic rings. The number of piperazine rings is 1. The molecule has 1 aliphatic heterocycles. The van der Waals surface area contributed by atoms with Crippen LogP contribution in [0.4, 0.5) is 24.5 Å². The summed E-state index contributed by atoms with van der Waals surface area (Å²) in [6, 6.07) is 10.3. The van der Waals surface area contributed by atoms with Gasteiger partial charge in [0.15, 0.2) is 0 Å². The van der Waals surface area contributed by atoms with Gasteiger partial charge in [0.05, 0.1) is 17.3 Å². The quantitative estimate of drug-likeness (QED) is 0.444.